The molecule has 1 aliphatic rings. The molecular weight excluding hydrogens is 386 g/mol. The number of aromatic nitrogens is 1. The number of rotatable bonds is 4. The van der Waals surface area contributed by atoms with Crippen LogP contribution in [0, 0.1) is 0 Å². The van der Waals surface area contributed by atoms with Crippen LogP contribution in [0.2, 0.25) is 0 Å². The summed E-state index contributed by atoms with van der Waals surface area (Å²) in [5.41, 5.74) is 7.87. The monoisotopic (exact) mass is 415 g/mol. The largest absolute Gasteiger partial charge is 0.399 e. The number of nitrogens with one attached hydrogen (secondary N) is 1. The van der Waals surface area contributed by atoms with Crippen molar-refractivity contribution < 1.29 is 13.2 Å². The second-order valence-electron chi connectivity index (χ2n) is 8.72. The maximum Gasteiger partial charge on any atom is 0.266 e. The van der Waals surface area contributed by atoms with Gasteiger partial charge in [-0.25, -0.2) is 13.1 Å². The Bertz CT molecular complexity index is 987. The molecule has 0 spiro atoms. The molecule has 0 saturated heterocycles. The first-order chi connectivity index (χ1) is 13.6. The molecule has 1 heterocycles. The van der Waals surface area contributed by atoms with Gasteiger partial charge in [0.2, 0.25) is 0 Å². The number of amides is 1. The maximum atomic E-state index is 13.0. The van der Waals surface area contributed by atoms with Crippen LogP contribution in [0.25, 0.3) is 0 Å². The van der Waals surface area contributed by atoms with Gasteiger partial charge >= 0.3 is 0 Å². The van der Waals surface area contributed by atoms with Gasteiger partial charge in [-0.3, -0.25) is 9.78 Å². The number of hydrogen-bond donors (Lipinski definition) is 2. The van der Waals surface area contributed by atoms with Crippen molar-refractivity contribution in [2.45, 2.75) is 69.1 Å². The third-order valence-corrected chi connectivity index (χ3v) is 6.69. The average Bonchev–Trinajstić information content (AvgIpc) is 2.67. The zero-order chi connectivity index (χ0) is 21.2. The molecule has 1 aliphatic carbocycles. The highest BCUT2D eigenvalue weighted by molar-refractivity contribution is 7.90. The van der Waals surface area contributed by atoms with Crippen LogP contribution in [0.1, 0.15) is 80.5 Å². The van der Waals surface area contributed by atoms with E-state index >= 15 is 0 Å². The molecule has 0 unspecified atom stereocenters. The minimum atomic E-state index is -3.99. The Morgan fingerprint density at radius 3 is 2.24 bits per heavy atom. The lowest BCUT2D eigenvalue weighted by atomic mass is 9.83. The summed E-state index contributed by atoms with van der Waals surface area (Å²) in [6.45, 7) is 6.22. The standard InChI is InChI=1S/C22H29N3O3S/c1-22(2,3)19-14-13-18(20(24-19)15-7-5-4-6-8-15)21(26)25-29(27,28)17-11-9-16(23)10-12-17/h9-15H,4-8,23H2,1-3H3,(H,25,26). The smallest absolute Gasteiger partial charge is 0.266 e. The predicted molar refractivity (Wildman–Crippen MR) is 114 cm³/mol. The van der Waals surface area contributed by atoms with Gasteiger partial charge in [0.15, 0.2) is 0 Å². The van der Waals surface area contributed by atoms with Gasteiger partial charge in [0, 0.05) is 22.7 Å². The number of pyridine rings is 1. The minimum Gasteiger partial charge on any atom is -0.399 e. The number of carbonyl (C=O) groups excluding carboxylic acids is 1. The normalized spacial score (nSPS) is 15.8. The van der Waals surface area contributed by atoms with E-state index in [1.54, 1.807) is 6.07 Å². The van der Waals surface area contributed by atoms with Gasteiger partial charge in [0.1, 0.15) is 0 Å². The molecule has 3 N–H and O–H groups in total. The fourth-order valence-electron chi connectivity index (χ4n) is 3.65. The highest BCUT2D eigenvalue weighted by atomic mass is 32.2. The molecule has 1 aromatic carbocycles. The first-order valence-corrected chi connectivity index (χ1v) is 11.5. The van der Waals surface area contributed by atoms with E-state index in [0.29, 0.717) is 16.9 Å². The second-order valence-corrected chi connectivity index (χ2v) is 10.4. The summed E-state index contributed by atoms with van der Waals surface area (Å²) in [6.07, 6.45) is 5.30. The zero-order valence-corrected chi connectivity index (χ0v) is 18.1. The number of nitrogens with zero attached hydrogens (tertiary/aromatic N) is 1. The van der Waals surface area contributed by atoms with Gasteiger partial charge in [-0.2, -0.15) is 0 Å². The van der Waals surface area contributed by atoms with E-state index in [0.717, 1.165) is 31.4 Å². The number of sulfonamides is 1. The summed E-state index contributed by atoms with van der Waals surface area (Å²) in [5, 5.41) is 0. The third kappa shape index (κ3) is 4.96. The van der Waals surface area contributed by atoms with E-state index in [2.05, 4.69) is 25.5 Å². The fraction of sp³-hybridized carbons (Fsp3) is 0.455. The molecular formula is C22H29N3O3S. The van der Waals surface area contributed by atoms with Crippen LogP contribution < -0.4 is 10.5 Å². The van der Waals surface area contributed by atoms with Crippen LogP contribution in [0.5, 0.6) is 0 Å². The zero-order valence-electron chi connectivity index (χ0n) is 17.2. The van der Waals surface area contributed by atoms with E-state index in [1.165, 1.54) is 30.7 Å². The molecule has 29 heavy (non-hydrogen) atoms. The van der Waals surface area contributed by atoms with Crippen LogP contribution in [-0.2, 0) is 15.4 Å². The Balaban J connectivity index is 1.95. The van der Waals surface area contributed by atoms with Gasteiger partial charge in [0.25, 0.3) is 15.9 Å². The molecule has 1 fully saturated rings. The summed E-state index contributed by atoms with van der Waals surface area (Å²) < 4.78 is 27.5. The Morgan fingerprint density at radius 2 is 1.66 bits per heavy atom. The second kappa shape index (κ2) is 8.14. The molecule has 1 saturated carbocycles. The third-order valence-electron chi connectivity index (χ3n) is 5.35. The molecule has 2 aromatic rings. The molecule has 1 aromatic heterocycles. The average molecular weight is 416 g/mol. The molecule has 156 valence electrons. The van der Waals surface area contributed by atoms with Gasteiger partial charge in [-0.15, -0.1) is 0 Å². The fourth-order valence-corrected chi connectivity index (χ4v) is 4.62. The summed E-state index contributed by atoms with van der Waals surface area (Å²) >= 11 is 0. The molecule has 0 aliphatic heterocycles. The predicted octanol–water partition coefficient (Wildman–Crippen LogP) is 4.13. The highest BCUT2D eigenvalue weighted by Crippen LogP contribution is 2.35. The molecule has 1 amide bonds. The summed E-state index contributed by atoms with van der Waals surface area (Å²) in [6, 6.07) is 9.28. The first kappa shape index (κ1) is 21.3. The lowest BCUT2D eigenvalue weighted by Crippen LogP contribution is -2.32. The highest BCUT2D eigenvalue weighted by Gasteiger charge is 2.28. The quantitative estimate of drug-likeness (QED) is 0.731. The Labute approximate surface area is 173 Å². The molecule has 0 radical (unpaired) electrons. The van der Waals surface area contributed by atoms with Crippen molar-refractivity contribution >= 4 is 21.6 Å². The van der Waals surface area contributed by atoms with E-state index in [9.17, 15) is 13.2 Å². The maximum absolute atomic E-state index is 13.0. The van der Waals surface area contributed by atoms with Crippen LogP contribution in [0.3, 0.4) is 0 Å². The van der Waals surface area contributed by atoms with Crippen molar-refractivity contribution in [3.05, 3.63) is 53.3 Å². The minimum absolute atomic E-state index is 0.00135. The van der Waals surface area contributed by atoms with Crippen molar-refractivity contribution in [1.29, 1.82) is 0 Å². The lowest BCUT2D eigenvalue weighted by molar-refractivity contribution is 0.0979. The van der Waals surface area contributed by atoms with Crippen LogP contribution in [0.4, 0.5) is 5.69 Å². The number of hydrogen-bond acceptors (Lipinski definition) is 5. The number of benzene rings is 1. The Kier molecular flexibility index (Phi) is 5.98. The van der Waals surface area contributed by atoms with Crippen molar-refractivity contribution in [2.24, 2.45) is 0 Å². The van der Waals surface area contributed by atoms with E-state index in [4.69, 9.17) is 10.7 Å². The molecule has 7 heteroatoms. The Morgan fingerprint density at radius 1 is 1.03 bits per heavy atom. The van der Waals surface area contributed by atoms with E-state index in [-0.39, 0.29) is 16.2 Å². The van der Waals surface area contributed by atoms with Crippen LogP contribution >= 0.6 is 0 Å². The first-order valence-electron chi connectivity index (χ1n) is 10.0. The molecule has 0 bridgehead atoms. The molecule has 0 atom stereocenters. The molecule has 6 nitrogen and oxygen atoms in total. The van der Waals surface area contributed by atoms with Gasteiger partial charge in [-0.1, -0.05) is 40.0 Å². The molecule has 3 rings (SSSR count). The van der Waals surface area contributed by atoms with Gasteiger partial charge < -0.3 is 5.73 Å². The van der Waals surface area contributed by atoms with Gasteiger partial charge in [-0.05, 0) is 49.2 Å². The SMILES string of the molecule is CC(C)(C)c1ccc(C(=O)NS(=O)(=O)c2ccc(N)cc2)c(C2CCCCC2)n1. The van der Waals surface area contributed by atoms with Crippen molar-refractivity contribution in [3.8, 4) is 0 Å². The summed E-state index contributed by atoms with van der Waals surface area (Å²) in [7, 11) is -3.99. The van der Waals surface area contributed by atoms with E-state index < -0.39 is 15.9 Å². The topological polar surface area (TPSA) is 102 Å². The van der Waals surface area contributed by atoms with Crippen molar-refractivity contribution in [2.75, 3.05) is 5.73 Å². The van der Waals surface area contributed by atoms with Crippen LogP contribution in [0.15, 0.2) is 41.3 Å². The van der Waals surface area contributed by atoms with E-state index in [1.807, 2.05) is 6.07 Å². The summed E-state index contributed by atoms with van der Waals surface area (Å²) in [4.78, 5) is 17.8. The Hall–Kier alpha value is -2.41. The number of nitrogens with two attached hydrogens (primary N) is 1. The number of anilines is 1. The van der Waals surface area contributed by atoms with Crippen molar-refractivity contribution in [3.63, 3.8) is 0 Å². The van der Waals surface area contributed by atoms with Crippen LogP contribution in [-0.4, -0.2) is 19.3 Å². The number of nitrogen functional groups attached to an aromatic ring is 1. The van der Waals surface area contributed by atoms with Gasteiger partial charge in [0.05, 0.1) is 16.2 Å². The lowest BCUT2D eigenvalue weighted by Gasteiger charge is -2.26. The number of carbonyl (C=O) groups is 1. The van der Waals surface area contributed by atoms with Crippen molar-refractivity contribution in [1.82, 2.24) is 9.71 Å². The summed E-state index contributed by atoms with van der Waals surface area (Å²) in [5.74, 6) is -0.471.